The van der Waals surface area contributed by atoms with Gasteiger partial charge in [-0.15, -0.1) is 11.3 Å². The van der Waals surface area contributed by atoms with Crippen LogP contribution in [0.25, 0.3) is 0 Å². The maximum atomic E-state index is 12.1. The Bertz CT molecular complexity index is 522. The molecule has 0 spiro atoms. The summed E-state index contributed by atoms with van der Waals surface area (Å²) in [6.45, 7) is 2.73. The largest absolute Gasteiger partial charge is 0.341 e. The Kier molecular flexibility index (Phi) is 4.10. The predicted octanol–water partition coefficient (Wildman–Crippen LogP) is 2.77. The second-order valence-electron chi connectivity index (χ2n) is 4.24. The van der Waals surface area contributed by atoms with Gasteiger partial charge in [-0.25, -0.2) is 0 Å². The summed E-state index contributed by atoms with van der Waals surface area (Å²) in [6.07, 6.45) is 4.41. The summed E-state index contributed by atoms with van der Waals surface area (Å²) in [5.41, 5.74) is 1.20. The lowest BCUT2D eigenvalue weighted by Crippen LogP contribution is -2.28. The molecule has 94 valence electrons. The molecule has 1 amide bonds. The van der Waals surface area contributed by atoms with Crippen LogP contribution >= 0.6 is 11.3 Å². The zero-order valence-corrected chi connectivity index (χ0v) is 11.4. The van der Waals surface area contributed by atoms with Gasteiger partial charge >= 0.3 is 0 Å². The molecule has 0 atom stereocenters. The molecule has 0 saturated heterocycles. The summed E-state index contributed by atoms with van der Waals surface area (Å²) in [7, 11) is 1.85. The third-order valence-corrected chi connectivity index (χ3v) is 3.77. The first-order valence-electron chi connectivity index (χ1n) is 5.87. The number of carbonyl (C=O) groups excluding carboxylic acids is 1. The van der Waals surface area contributed by atoms with Crippen LogP contribution in [0.3, 0.4) is 0 Å². The third-order valence-electron chi connectivity index (χ3n) is 2.78. The Labute approximate surface area is 111 Å². The number of nitrogens with zero attached hydrogens (tertiary/aromatic N) is 2. The molecular formula is C14H16N2OS. The molecule has 2 aromatic heterocycles. The van der Waals surface area contributed by atoms with E-state index < -0.39 is 0 Å². The van der Waals surface area contributed by atoms with Gasteiger partial charge in [0.2, 0.25) is 0 Å². The highest BCUT2D eigenvalue weighted by molar-refractivity contribution is 7.13. The van der Waals surface area contributed by atoms with Crippen LogP contribution in [0.1, 0.15) is 20.1 Å². The minimum atomic E-state index is 0.0992. The lowest BCUT2D eigenvalue weighted by atomic mass is 10.2. The number of amides is 1. The fourth-order valence-electron chi connectivity index (χ4n) is 1.69. The Morgan fingerprint density at radius 1 is 1.28 bits per heavy atom. The molecule has 0 aromatic carbocycles. The Balaban J connectivity index is 1.92. The van der Waals surface area contributed by atoms with Gasteiger partial charge in [-0.1, -0.05) is 0 Å². The monoisotopic (exact) mass is 260 g/mol. The molecule has 0 saturated carbocycles. The van der Waals surface area contributed by atoms with Crippen LogP contribution in [0, 0.1) is 6.92 Å². The number of rotatable bonds is 4. The molecule has 2 heterocycles. The average Bonchev–Trinajstić information content (AvgIpc) is 2.83. The van der Waals surface area contributed by atoms with E-state index in [1.54, 1.807) is 28.6 Å². The lowest BCUT2D eigenvalue weighted by molar-refractivity contribution is 0.0801. The average molecular weight is 260 g/mol. The van der Waals surface area contributed by atoms with E-state index in [1.807, 2.05) is 38.2 Å². The minimum Gasteiger partial charge on any atom is -0.341 e. The number of aryl methyl sites for hydroxylation is 1. The molecule has 4 heteroatoms. The second kappa shape index (κ2) is 5.78. The van der Waals surface area contributed by atoms with Crippen molar-refractivity contribution >= 4 is 17.2 Å². The first-order chi connectivity index (χ1) is 8.66. The van der Waals surface area contributed by atoms with Gasteiger partial charge in [0.25, 0.3) is 5.91 Å². The van der Waals surface area contributed by atoms with Crippen LogP contribution in [0.5, 0.6) is 0 Å². The highest BCUT2D eigenvalue weighted by Crippen LogP contribution is 2.16. The summed E-state index contributed by atoms with van der Waals surface area (Å²) in [6, 6.07) is 7.83. The Morgan fingerprint density at radius 2 is 2.00 bits per heavy atom. The van der Waals surface area contributed by atoms with E-state index in [0.29, 0.717) is 0 Å². The van der Waals surface area contributed by atoms with Crippen molar-refractivity contribution in [1.82, 2.24) is 9.88 Å². The van der Waals surface area contributed by atoms with E-state index in [9.17, 15) is 4.79 Å². The number of likely N-dealkylation sites (N-methyl/N-ethyl adjacent to an activating group) is 1. The maximum Gasteiger partial charge on any atom is 0.263 e. The van der Waals surface area contributed by atoms with E-state index in [2.05, 4.69) is 4.98 Å². The van der Waals surface area contributed by atoms with Crippen molar-refractivity contribution in [3.63, 3.8) is 0 Å². The smallest absolute Gasteiger partial charge is 0.263 e. The Hall–Kier alpha value is -1.68. The quantitative estimate of drug-likeness (QED) is 0.847. The molecule has 0 aliphatic carbocycles. The van der Waals surface area contributed by atoms with Gasteiger partial charge in [0.15, 0.2) is 0 Å². The SMILES string of the molecule is Cc1ccc(C(=O)N(C)CCc2ccncc2)s1. The van der Waals surface area contributed by atoms with Gasteiger partial charge in [-0.05, 0) is 43.2 Å². The van der Waals surface area contributed by atoms with Crippen LogP contribution in [0.4, 0.5) is 0 Å². The van der Waals surface area contributed by atoms with Gasteiger partial charge in [0, 0.05) is 30.9 Å². The van der Waals surface area contributed by atoms with Gasteiger partial charge < -0.3 is 4.90 Å². The number of hydrogen-bond donors (Lipinski definition) is 0. The Morgan fingerprint density at radius 3 is 2.61 bits per heavy atom. The van der Waals surface area contributed by atoms with E-state index in [1.165, 1.54) is 10.4 Å². The van der Waals surface area contributed by atoms with Gasteiger partial charge in [0.05, 0.1) is 4.88 Å². The molecule has 0 unspecified atom stereocenters. The summed E-state index contributed by atoms with van der Waals surface area (Å²) < 4.78 is 0. The van der Waals surface area contributed by atoms with Gasteiger partial charge in [-0.2, -0.15) is 0 Å². The molecule has 0 fully saturated rings. The van der Waals surface area contributed by atoms with E-state index in [4.69, 9.17) is 0 Å². The van der Waals surface area contributed by atoms with Crippen molar-refractivity contribution in [2.24, 2.45) is 0 Å². The lowest BCUT2D eigenvalue weighted by Gasteiger charge is -2.16. The number of carbonyl (C=O) groups is 1. The minimum absolute atomic E-state index is 0.0992. The fourth-order valence-corrected chi connectivity index (χ4v) is 2.55. The predicted molar refractivity (Wildman–Crippen MR) is 74.0 cm³/mol. The van der Waals surface area contributed by atoms with Crippen molar-refractivity contribution in [3.05, 3.63) is 52.0 Å². The first-order valence-corrected chi connectivity index (χ1v) is 6.69. The molecule has 0 N–H and O–H groups in total. The number of pyridine rings is 1. The van der Waals surface area contributed by atoms with Crippen LogP contribution in [-0.2, 0) is 6.42 Å². The topological polar surface area (TPSA) is 33.2 Å². The van der Waals surface area contributed by atoms with E-state index >= 15 is 0 Å². The van der Waals surface area contributed by atoms with Crippen molar-refractivity contribution in [3.8, 4) is 0 Å². The normalized spacial score (nSPS) is 10.3. The zero-order chi connectivity index (χ0) is 13.0. The third kappa shape index (κ3) is 3.17. The molecule has 0 aliphatic heterocycles. The molecule has 2 rings (SSSR count). The van der Waals surface area contributed by atoms with Crippen LogP contribution < -0.4 is 0 Å². The van der Waals surface area contributed by atoms with Crippen molar-refractivity contribution in [2.45, 2.75) is 13.3 Å². The number of aromatic nitrogens is 1. The molecule has 18 heavy (non-hydrogen) atoms. The van der Waals surface area contributed by atoms with Crippen molar-refractivity contribution in [2.75, 3.05) is 13.6 Å². The molecule has 0 bridgehead atoms. The van der Waals surface area contributed by atoms with E-state index in [0.717, 1.165) is 17.8 Å². The van der Waals surface area contributed by atoms with Gasteiger partial charge in [0.1, 0.15) is 0 Å². The standard InChI is InChI=1S/C14H16N2OS/c1-11-3-4-13(18-11)14(17)16(2)10-7-12-5-8-15-9-6-12/h3-6,8-9H,7,10H2,1-2H3. The molecule has 0 radical (unpaired) electrons. The first kappa shape index (κ1) is 12.8. The highest BCUT2D eigenvalue weighted by atomic mass is 32.1. The summed E-state index contributed by atoms with van der Waals surface area (Å²) >= 11 is 1.54. The fraction of sp³-hybridized carbons (Fsp3) is 0.286. The summed E-state index contributed by atoms with van der Waals surface area (Å²) in [5.74, 6) is 0.0992. The van der Waals surface area contributed by atoms with Crippen LogP contribution in [0.15, 0.2) is 36.7 Å². The molecule has 2 aromatic rings. The van der Waals surface area contributed by atoms with Gasteiger partial charge in [-0.3, -0.25) is 9.78 Å². The number of thiophene rings is 1. The number of hydrogen-bond acceptors (Lipinski definition) is 3. The van der Waals surface area contributed by atoms with Crippen molar-refractivity contribution in [1.29, 1.82) is 0 Å². The molecular weight excluding hydrogens is 244 g/mol. The van der Waals surface area contributed by atoms with Crippen LogP contribution in [-0.4, -0.2) is 29.4 Å². The van der Waals surface area contributed by atoms with E-state index in [-0.39, 0.29) is 5.91 Å². The maximum absolute atomic E-state index is 12.1. The highest BCUT2D eigenvalue weighted by Gasteiger charge is 2.13. The van der Waals surface area contributed by atoms with Crippen LogP contribution in [0.2, 0.25) is 0 Å². The van der Waals surface area contributed by atoms with Crippen molar-refractivity contribution < 1.29 is 4.79 Å². The summed E-state index contributed by atoms with van der Waals surface area (Å²) in [5, 5.41) is 0. The molecule has 0 aliphatic rings. The second-order valence-corrected chi connectivity index (χ2v) is 5.53. The molecule has 3 nitrogen and oxygen atoms in total. The zero-order valence-electron chi connectivity index (χ0n) is 10.6. The summed E-state index contributed by atoms with van der Waals surface area (Å²) in [4.78, 5) is 19.8.